The van der Waals surface area contributed by atoms with E-state index in [1.54, 1.807) is 12.1 Å². The van der Waals surface area contributed by atoms with Gasteiger partial charge >= 0.3 is 0 Å². The van der Waals surface area contributed by atoms with Gasteiger partial charge < -0.3 is 14.8 Å². The number of ether oxygens (including phenoxy) is 2. The van der Waals surface area contributed by atoms with Crippen LogP contribution in [0.2, 0.25) is 0 Å². The number of hydrogen-bond donors (Lipinski definition) is 2. The zero-order valence-corrected chi connectivity index (χ0v) is 17.5. The average Bonchev–Trinajstić information content (AvgIpc) is 2.63. The summed E-state index contributed by atoms with van der Waals surface area (Å²) in [5.41, 5.74) is 4.85. The fourth-order valence-electron chi connectivity index (χ4n) is 2.23. The molecule has 0 saturated heterocycles. The standard InChI is InChI=1S/C20H22BrN3O4/c1-4-27-18-10-15(11-22-24-14(3)25)9-17(21)20(18)28-12-19(26)23-16-7-5-13(2)6-8-16/h5-11H,4,12H2,1-3H3,(H,23,26)(H,24,25)/b22-11-. The number of carbonyl (C=O) groups excluding carboxylic acids is 2. The normalized spacial score (nSPS) is 10.6. The van der Waals surface area contributed by atoms with Crippen LogP contribution in [-0.4, -0.2) is 31.2 Å². The Kier molecular flexibility index (Phi) is 8.01. The van der Waals surface area contributed by atoms with Crippen molar-refractivity contribution in [2.24, 2.45) is 5.10 Å². The highest BCUT2D eigenvalue weighted by Crippen LogP contribution is 2.36. The van der Waals surface area contributed by atoms with Crippen molar-refractivity contribution in [1.29, 1.82) is 0 Å². The van der Waals surface area contributed by atoms with Gasteiger partial charge in [0.15, 0.2) is 18.1 Å². The van der Waals surface area contributed by atoms with Crippen LogP contribution in [0, 0.1) is 6.92 Å². The van der Waals surface area contributed by atoms with Crippen molar-refractivity contribution >= 4 is 39.6 Å². The van der Waals surface area contributed by atoms with Gasteiger partial charge in [-0.15, -0.1) is 0 Å². The first-order valence-corrected chi connectivity index (χ1v) is 9.43. The summed E-state index contributed by atoms with van der Waals surface area (Å²) in [6.45, 7) is 5.44. The zero-order chi connectivity index (χ0) is 20.5. The van der Waals surface area contributed by atoms with Crippen molar-refractivity contribution in [2.75, 3.05) is 18.5 Å². The third-order valence-corrected chi connectivity index (χ3v) is 4.04. The molecule has 0 aliphatic carbocycles. The number of anilines is 1. The Hall–Kier alpha value is -2.87. The van der Waals surface area contributed by atoms with Gasteiger partial charge in [-0.05, 0) is 59.6 Å². The van der Waals surface area contributed by atoms with Crippen LogP contribution < -0.4 is 20.2 Å². The molecule has 0 fully saturated rings. The van der Waals surface area contributed by atoms with Crippen LogP contribution in [0.4, 0.5) is 5.69 Å². The number of hydrogen-bond acceptors (Lipinski definition) is 5. The first kappa shape index (κ1) is 21.4. The molecule has 28 heavy (non-hydrogen) atoms. The summed E-state index contributed by atoms with van der Waals surface area (Å²) >= 11 is 3.43. The Bertz CT molecular complexity index is 866. The predicted octanol–water partition coefficient (Wildman–Crippen LogP) is 3.64. The SMILES string of the molecule is CCOc1cc(/C=N\NC(C)=O)cc(Br)c1OCC(=O)Nc1ccc(C)cc1. The lowest BCUT2D eigenvalue weighted by Gasteiger charge is -2.14. The molecule has 2 N–H and O–H groups in total. The van der Waals surface area contributed by atoms with Crippen LogP contribution in [0.15, 0.2) is 46.0 Å². The summed E-state index contributed by atoms with van der Waals surface area (Å²) < 4.78 is 11.9. The number of nitrogens with one attached hydrogen (secondary N) is 2. The first-order chi connectivity index (χ1) is 13.4. The number of hydrazone groups is 1. The lowest BCUT2D eigenvalue weighted by Crippen LogP contribution is -2.20. The second kappa shape index (κ2) is 10.5. The van der Waals surface area contributed by atoms with Gasteiger partial charge in [-0.25, -0.2) is 5.43 Å². The highest BCUT2D eigenvalue weighted by atomic mass is 79.9. The zero-order valence-electron chi connectivity index (χ0n) is 15.9. The smallest absolute Gasteiger partial charge is 0.262 e. The van der Waals surface area contributed by atoms with E-state index < -0.39 is 0 Å². The van der Waals surface area contributed by atoms with Crippen molar-refractivity contribution in [3.05, 3.63) is 52.0 Å². The Balaban J connectivity index is 2.08. The van der Waals surface area contributed by atoms with E-state index in [0.29, 0.717) is 33.8 Å². The third-order valence-electron chi connectivity index (χ3n) is 3.45. The maximum absolute atomic E-state index is 12.2. The van der Waals surface area contributed by atoms with Gasteiger partial charge in [-0.2, -0.15) is 5.10 Å². The van der Waals surface area contributed by atoms with Crippen LogP contribution in [0.25, 0.3) is 0 Å². The van der Waals surface area contributed by atoms with E-state index in [2.05, 4.69) is 31.8 Å². The molecule has 0 spiro atoms. The van der Waals surface area contributed by atoms with Gasteiger partial charge in [0.25, 0.3) is 5.91 Å². The minimum absolute atomic E-state index is 0.175. The minimum atomic E-state index is -0.283. The van der Waals surface area contributed by atoms with E-state index >= 15 is 0 Å². The van der Waals surface area contributed by atoms with Crippen molar-refractivity contribution < 1.29 is 19.1 Å². The molecule has 0 unspecified atom stereocenters. The predicted molar refractivity (Wildman–Crippen MR) is 112 cm³/mol. The summed E-state index contributed by atoms with van der Waals surface area (Å²) in [5.74, 6) is 0.330. The molecule has 2 aromatic carbocycles. The number of rotatable bonds is 8. The van der Waals surface area contributed by atoms with Crippen molar-refractivity contribution in [1.82, 2.24) is 5.43 Å². The quantitative estimate of drug-likeness (QED) is 0.477. The molecular formula is C20H22BrN3O4. The summed E-state index contributed by atoms with van der Waals surface area (Å²) in [5, 5.41) is 6.61. The number of aryl methyl sites for hydroxylation is 1. The van der Waals surface area contributed by atoms with Gasteiger partial charge in [0.2, 0.25) is 5.91 Å². The van der Waals surface area contributed by atoms with Crippen LogP contribution in [-0.2, 0) is 9.59 Å². The molecule has 0 saturated carbocycles. The average molecular weight is 448 g/mol. The molecule has 2 rings (SSSR count). The van der Waals surface area contributed by atoms with Crippen LogP contribution in [0.1, 0.15) is 25.0 Å². The van der Waals surface area contributed by atoms with E-state index in [1.165, 1.54) is 13.1 Å². The number of halogens is 1. The molecule has 2 aromatic rings. The van der Waals surface area contributed by atoms with Gasteiger partial charge in [-0.3, -0.25) is 9.59 Å². The lowest BCUT2D eigenvalue weighted by molar-refractivity contribution is -0.119. The molecule has 7 nitrogen and oxygen atoms in total. The van der Waals surface area contributed by atoms with E-state index in [-0.39, 0.29) is 18.4 Å². The van der Waals surface area contributed by atoms with Gasteiger partial charge in [0, 0.05) is 12.6 Å². The van der Waals surface area contributed by atoms with Crippen molar-refractivity contribution in [3.63, 3.8) is 0 Å². The molecule has 0 atom stereocenters. The van der Waals surface area contributed by atoms with Gasteiger partial charge in [0.05, 0.1) is 17.3 Å². The Morgan fingerprint density at radius 2 is 1.89 bits per heavy atom. The van der Waals surface area contributed by atoms with Crippen molar-refractivity contribution in [3.8, 4) is 11.5 Å². The molecule has 2 amide bonds. The molecule has 148 valence electrons. The Morgan fingerprint density at radius 3 is 2.54 bits per heavy atom. The summed E-state index contributed by atoms with van der Waals surface area (Å²) in [6.07, 6.45) is 1.49. The lowest BCUT2D eigenvalue weighted by atomic mass is 10.2. The number of nitrogens with zero attached hydrogens (tertiary/aromatic N) is 1. The number of carbonyl (C=O) groups is 2. The fourth-order valence-corrected chi connectivity index (χ4v) is 2.81. The topological polar surface area (TPSA) is 89.0 Å². The molecule has 0 aliphatic rings. The molecular weight excluding hydrogens is 426 g/mol. The van der Waals surface area contributed by atoms with E-state index in [9.17, 15) is 9.59 Å². The van der Waals surface area contributed by atoms with Crippen LogP contribution >= 0.6 is 15.9 Å². The second-order valence-electron chi connectivity index (χ2n) is 5.89. The molecule has 0 bridgehead atoms. The Labute approximate surface area is 172 Å². The number of benzene rings is 2. The largest absolute Gasteiger partial charge is 0.490 e. The monoisotopic (exact) mass is 447 g/mol. The first-order valence-electron chi connectivity index (χ1n) is 8.64. The molecule has 0 aromatic heterocycles. The molecule has 0 heterocycles. The van der Waals surface area contributed by atoms with E-state index in [4.69, 9.17) is 9.47 Å². The highest BCUT2D eigenvalue weighted by Gasteiger charge is 2.14. The van der Waals surface area contributed by atoms with E-state index in [1.807, 2.05) is 38.1 Å². The number of amides is 2. The molecule has 0 radical (unpaired) electrons. The third kappa shape index (κ3) is 6.70. The van der Waals surface area contributed by atoms with Gasteiger partial charge in [-0.1, -0.05) is 17.7 Å². The maximum atomic E-state index is 12.2. The summed E-state index contributed by atoms with van der Waals surface area (Å²) in [6, 6.07) is 11.0. The second-order valence-corrected chi connectivity index (χ2v) is 6.75. The van der Waals surface area contributed by atoms with Crippen molar-refractivity contribution in [2.45, 2.75) is 20.8 Å². The molecule has 0 aliphatic heterocycles. The highest BCUT2D eigenvalue weighted by molar-refractivity contribution is 9.10. The van der Waals surface area contributed by atoms with Crippen LogP contribution in [0.3, 0.4) is 0 Å². The summed E-state index contributed by atoms with van der Waals surface area (Å²) in [7, 11) is 0. The summed E-state index contributed by atoms with van der Waals surface area (Å²) in [4.78, 5) is 23.1. The van der Waals surface area contributed by atoms with E-state index in [0.717, 1.165) is 5.56 Å². The fraction of sp³-hybridized carbons (Fsp3) is 0.250. The maximum Gasteiger partial charge on any atom is 0.262 e. The Morgan fingerprint density at radius 1 is 1.18 bits per heavy atom. The minimum Gasteiger partial charge on any atom is -0.490 e. The van der Waals surface area contributed by atoms with Crippen LogP contribution in [0.5, 0.6) is 11.5 Å². The van der Waals surface area contributed by atoms with Gasteiger partial charge in [0.1, 0.15) is 0 Å². The molecule has 8 heteroatoms.